The summed E-state index contributed by atoms with van der Waals surface area (Å²) in [7, 11) is 0. The third-order valence-electron chi connectivity index (χ3n) is 1.93. The molecular formula is C13H13NO4. The van der Waals surface area contributed by atoms with Crippen molar-refractivity contribution in [3.8, 4) is 11.8 Å². The van der Waals surface area contributed by atoms with Crippen molar-refractivity contribution in [3.63, 3.8) is 0 Å². The minimum atomic E-state index is -0.558. The zero-order valence-electron chi connectivity index (χ0n) is 9.70. The Morgan fingerprint density at radius 1 is 1.39 bits per heavy atom. The molecule has 0 radical (unpaired) electrons. The predicted molar refractivity (Wildman–Crippen MR) is 64.6 cm³/mol. The van der Waals surface area contributed by atoms with Gasteiger partial charge in [0.25, 0.3) is 0 Å². The maximum absolute atomic E-state index is 11.1. The van der Waals surface area contributed by atoms with E-state index in [2.05, 4.69) is 4.74 Å². The summed E-state index contributed by atoms with van der Waals surface area (Å²) in [6, 6.07) is 8.70. The number of carbonyl (C=O) groups excluding carboxylic acids is 1. The monoisotopic (exact) mass is 247 g/mol. The topological polar surface area (TPSA) is 79.5 Å². The van der Waals surface area contributed by atoms with Gasteiger partial charge in [0, 0.05) is 6.08 Å². The SMILES string of the molecule is N#CCOC(=O)C=Cc1ccc(OCCO)cc1. The highest BCUT2D eigenvalue weighted by atomic mass is 16.5. The van der Waals surface area contributed by atoms with Crippen LogP contribution in [0.4, 0.5) is 0 Å². The van der Waals surface area contributed by atoms with Gasteiger partial charge in [-0.25, -0.2) is 4.79 Å². The summed E-state index contributed by atoms with van der Waals surface area (Å²) in [4.78, 5) is 11.1. The van der Waals surface area contributed by atoms with Crippen molar-refractivity contribution in [2.75, 3.05) is 19.8 Å². The van der Waals surface area contributed by atoms with E-state index in [-0.39, 0.29) is 19.8 Å². The zero-order chi connectivity index (χ0) is 13.2. The van der Waals surface area contributed by atoms with Gasteiger partial charge in [0.2, 0.25) is 0 Å². The molecule has 0 aliphatic carbocycles. The Kier molecular flexibility index (Phi) is 6.01. The average molecular weight is 247 g/mol. The number of aliphatic hydroxyl groups excluding tert-OH is 1. The highest BCUT2D eigenvalue weighted by Gasteiger charge is 1.96. The standard InChI is InChI=1S/C13H13NO4/c14-7-9-18-13(16)6-3-11-1-4-12(5-2-11)17-10-8-15/h1-6,15H,8-10H2. The highest BCUT2D eigenvalue weighted by Crippen LogP contribution is 2.13. The van der Waals surface area contributed by atoms with E-state index < -0.39 is 5.97 Å². The molecule has 18 heavy (non-hydrogen) atoms. The molecule has 0 spiro atoms. The second-order valence-electron chi connectivity index (χ2n) is 3.24. The van der Waals surface area contributed by atoms with Crippen LogP contribution in [0, 0.1) is 11.3 Å². The maximum Gasteiger partial charge on any atom is 0.331 e. The normalized spacial score (nSPS) is 10.0. The van der Waals surface area contributed by atoms with E-state index in [1.165, 1.54) is 6.08 Å². The molecule has 0 amide bonds. The Balaban J connectivity index is 2.50. The van der Waals surface area contributed by atoms with Crippen molar-refractivity contribution in [3.05, 3.63) is 35.9 Å². The van der Waals surface area contributed by atoms with Crippen LogP contribution in [0.5, 0.6) is 5.75 Å². The van der Waals surface area contributed by atoms with E-state index in [1.807, 2.05) is 0 Å². The Morgan fingerprint density at radius 2 is 2.11 bits per heavy atom. The van der Waals surface area contributed by atoms with E-state index in [9.17, 15) is 4.79 Å². The van der Waals surface area contributed by atoms with Crippen molar-refractivity contribution in [2.24, 2.45) is 0 Å². The van der Waals surface area contributed by atoms with Gasteiger partial charge in [-0.3, -0.25) is 0 Å². The quantitative estimate of drug-likeness (QED) is 0.602. The minimum absolute atomic E-state index is 0.0353. The van der Waals surface area contributed by atoms with Crippen molar-refractivity contribution in [1.82, 2.24) is 0 Å². The molecule has 5 heteroatoms. The maximum atomic E-state index is 11.1. The Morgan fingerprint density at radius 3 is 2.72 bits per heavy atom. The number of hydrogen-bond donors (Lipinski definition) is 1. The lowest BCUT2D eigenvalue weighted by molar-refractivity contribution is -0.136. The lowest BCUT2D eigenvalue weighted by Gasteiger charge is -2.03. The van der Waals surface area contributed by atoms with E-state index in [0.717, 1.165) is 5.56 Å². The average Bonchev–Trinajstić information content (AvgIpc) is 2.41. The molecule has 0 unspecified atom stereocenters. The second-order valence-corrected chi connectivity index (χ2v) is 3.24. The number of carbonyl (C=O) groups is 1. The smallest absolute Gasteiger partial charge is 0.331 e. The van der Waals surface area contributed by atoms with E-state index in [4.69, 9.17) is 15.1 Å². The van der Waals surface area contributed by atoms with Crippen LogP contribution in [0.2, 0.25) is 0 Å². The number of hydrogen-bond acceptors (Lipinski definition) is 5. The molecule has 1 N–H and O–H groups in total. The lowest BCUT2D eigenvalue weighted by Crippen LogP contribution is -2.01. The molecule has 5 nitrogen and oxygen atoms in total. The van der Waals surface area contributed by atoms with Crippen LogP contribution in [0.1, 0.15) is 5.56 Å². The van der Waals surface area contributed by atoms with Crippen molar-refractivity contribution < 1.29 is 19.4 Å². The van der Waals surface area contributed by atoms with Crippen LogP contribution in [-0.4, -0.2) is 30.9 Å². The first-order chi connectivity index (χ1) is 8.76. The first kappa shape index (κ1) is 13.7. The molecule has 0 aromatic heterocycles. The Bertz CT molecular complexity index is 445. The van der Waals surface area contributed by atoms with Gasteiger partial charge in [0.05, 0.1) is 6.61 Å². The molecular weight excluding hydrogens is 234 g/mol. The summed E-state index contributed by atoms with van der Waals surface area (Å²) in [6.45, 7) is -0.0425. The Hall–Kier alpha value is -2.32. The highest BCUT2D eigenvalue weighted by molar-refractivity contribution is 5.87. The second kappa shape index (κ2) is 7.87. The molecule has 1 aromatic carbocycles. The van der Waals surface area contributed by atoms with Gasteiger partial charge in [0.1, 0.15) is 18.4 Å². The van der Waals surface area contributed by atoms with Gasteiger partial charge in [-0.2, -0.15) is 5.26 Å². The van der Waals surface area contributed by atoms with Crippen molar-refractivity contribution >= 4 is 12.0 Å². The number of rotatable bonds is 6. The zero-order valence-corrected chi connectivity index (χ0v) is 9.70. The molecule has 0 fully saturated rings. The predicted octanol–water partition coefficient (Wildman–Crippen LogP) is 1.14. The molecule has 0 aliphatic heterocycles. The first-order valence-electron chi connectivity index (χ1n) is 5.32. The fourth-order valence-corrected chi connectivity index (χ4v) is 1.15. The largest absolute Gasteiger partial charge is 0.491 e. The van der Waals surface area contributed by atoms with Gasteiger partial charge in [-0.15, -0.1) is 0 Å². The van der Waals surface area contributed by atoms with Gasteiger partial charge >= 0.3 is 5.97 Å². The summed E-state index contributed by atoms with van der Waals surface area (Å²) in [5, 5.41) is 16.8. The van der Waals surface area contributed by atoms with Gasteiger partial charge in [-0.1, -0.05) is 12.1 Å². The van der Waals surface area contributed by atoms with Crippen LogP contribution >= 0.6 is 0 Å². The van der Waals surface area contributed by atoms with Gasteiger partial charge < -0.3 is 14.6 Å². The van der Waals surface area contributed by atoms with Crippen LogP contribution in [0.25, 0.3) is 6.08 Å². The number of benzene rings is 1. The van der Waals surface area contributed by atoms with E-state index >= 15 is 0 Å². The molecule has 0 bridgehead atoms. The molecule has 1 rings (SSSR count). The minimum Gasteiger partial charge on any atom is -0.491 e. The Labute approximate surface area is 105 Å². The number of esters is 1. The van der Waals surface area contributed by atoms with Crippen LogP contribution < -0.4 is 4.74 Å². The van der Waals surface area contributed by atoms with Crippen molar-refractivity contribution in [2.45, 2.75) is 0 Å². The van der Waals surface area contributed by atoms with Crippen molar-refractivity contribution in [1.29, 1.82) is 5.26 Å². The van der Waals surface area contributed by atoms with Crippen LogP contribution in [0.3, 0.4) is 0 Å². The summed E-state index contributed by atoms with van der Waals surface area (Å²) in [5.41, 5.74) is 0.806. The summed E-state index contributed by atoms with van der Waals surface area (Å²) in [5.74, 6) is 0.0883. The van der Waals surface area contributed by atoms with Gasteiger partial charge in [0.15, 0.2) is 6.61 Å². The number of aliphatic hydroxyl groups is 1. The van der Waals surface area contributed by atoms with Crippen LogP contribution in [0.15, 0.2) is 30.3 Å². The fourth-order valence-electron chi connectivity index (χ4n) is 1.15. The summed E-state index contributed by atoms with van der Waals surface area (Å²) >= 11 is 0. The first-order valence-corrected chi connectivity index (χ1v) is 5.32. The number of nitriles is 1. The summed E-state index contributed by atoms with van der Waals surface area (Å²) in [6.07, 6.45) is 2.83. The third-order valence-corrected chi connectivity index (χ3v) is 1.93. The molecule has 0 saturated carbocycles. The fraction of sp³-hybridized carbons (Fsp3) is 0.231. The molecule has 0 aliphatic rings. The molecule has 0 heterocycles. The number of nitrogens with zero attached hydrogens (tertiary/aromatic N) is 1. The molecule has 94 valence electrons. The molecule has 0 atom stereocenters. The van der Waals surface area contributed by atoms with E-state index in [1.54, 1.807) is 36.4 Å². The number of ether oxygens (including phenoxy) is 2. The van der Waals surface area contributed by atoms with Gasteiger partial charge in [-0.05, 0) is 23.8 Å². The van der Waals surface area contributed by atoms with Crippen LogP contribution in [-0.2, 0) is 9.53 Å². The molecule has 0 saturated heterocycles. The molecule has 1 aromatic rings. The summed E-state index contributed by atoms with van der Waals surface area (Å²) < 4.78 is 9.74. The lowest BCUT2D eigenvalue weighted by atomic mass is 10.2. The third kappa shape index (κ3) is 5.14. The van der Waals surface area contributed by atoms with E-state index in [0.29, 0.717) is 5.75 Å².